The summed E-state index contributed by atoms with van der Waals surface area (Å²) in [5.41, 5.74) is 0.934. The lowest BCUT2D eigenvalue weighted by molar-refractivity contribution is -0.398. The third-order valence-electron chi connectivity index (χ3n) is 5.47. The SMILES string of the molecule is C=C(C)C(=O)OCCCCCCOc1ccc(N=Nc2ccc(OCC(F)(F)C(F)(F)C(F)(F)C(F)(F)F)cc2)cc1. The first kappa shape index (κ1) is 34.4. The first-order chi connectivity index (χ1) is 19.5. The van der Waals surface area contributed by atoms with Crippen molar-refractivity contribution in [1.29, 1.82) is 0 Å². The van der Waals surface area contributed by atoms with Gasteiger partial charge in [0.25, 0.3) is 0 Å². The zero-order valence-electron chi connectivity index (χ0n) is 22.2. The van der Waals surface area contributed by atoms with Crippen LogP contribution in [0.4, 0.5) is 50.9 Å². The third-order valence-corrected chi connectivity index (χ3v) is 5.47. The summed E-state index contributed by atoms with van der Waals surface area (Å²) in [6.45, 7) is 3.44. The number of hydrogen-bond acceptors (Lipinski definition) is 6. The number of esters is 1. The van der Waals surface area contributed by atoms with Crippen LogP contribution in [0.5, 0.6) is 11.5 Å². The molecule has 0 aliphatic heterocycles. The molecule has 42 heavy (non-hydrogen) atoms. The summed E-state index contributed by atoms with van der Waals surface area (Å²) < 4.78 is 131. The highest BCUT2D eigenvalue weighted by Gasteiger charge is 2.81. The van der Waals surface area contributed by atoms with E-state index in [-0.39, 0.29) is 5.69 Å². The third kappa shape index (κ3) is 9.38. The van der Waals surface area contributed by atoms with Gasteiger partial charge in [-0.15, -0.1) is 0 Å². The molecule has 2 rings (SSSR count). The van der Waals surface area contributed by atoms with E-state index < -0.39 is 42.3 Å². The van der Waals surface area contributed by atoms with Crippen LogP contribution >= 0.6 is 0 Å². The summed E-state index contributed by atoms with van der Waals surface area (Å²) in [5, 5.41) is 7.84. The molecule has 0 saturated heterocycles. The monoisotopic (exact) mass is 614 g/mol. The number of alkyl halides is 9. The molecule has 0 radical (unpaired) electrons. The van der Waals surface area contributed by atoms with E-state index in [4.69, 9.17) is 9.47 Å². The number of carbonyl (C=O) groups excluding carboxylic acids is 1. The Kier molecular flexibility index (Phi) is 11.8. The van der Waals surface area contributed by atoms with Gasteiger partial charge in [0.2, 0.25) is 0 Å². The Balaban J connectivity index is 1.78. The Hall–Kier alpha value is -3.78. The van der Waals surface area contributed by atoms with Crippen molar-refractivity contribution in [2.24, 2.45) is 10.2 Å². The molecule has 0 bridgehead atoms. The van der Waals surface area contributed by atoms with Crippen LogP contribution in [-0.4, -0.2) is 49.7 Å². The van der Waals surface area contributed by atoms with E-state index in [0.29, 0.717) is 30.2 Å². The van der Waals surface area contributed by atoms with Crippen LogP contribution in [0.3, 0.4) is 0 Å². The van der Waals surface area contributed by atoms with E-state index in [2.05, 4.69) is 21.5 Å². The van der Waals surface area contributed by atoms with E-state index in [1.165, 1.54) is 12.1 Å². The molecule has 232 valence electrons. The summed E-state index contributed by atoms with van der Waals surface area (Å²) in [6, 6.07) is 10.8. The van der Waals surface area contributed by atoms with Crippen LogP contribution in [0, 0.1) is 0 Å². The second-order valence-electron chi connectivity index (χ2n) is 9.01. The Bertz CT molecular complexity index is 1200. The smallest absolute Gasteiger partial charge is 0.460 e. The maximum absolute atomic E-state index is 13.6. The first-order valence-electron chi connectivity index (χ1n) is 12.4. The van der Waals surface area contributed by atoms with Crippen LogP contribution in [0.15, 0.2) is 70.9 Å². The zero-order valence-corrected chi connectivity index (χ0v) is 22.2. The molecule has 0 heterocycles. The lowest BCUT2D eigenvalue weighted by Crippen LogP contribution is -2.62. The fraction of sp³-hybridized carbons (Fsp3) is 0.444. The first-order valence-corrected chi connectivity index (χ1v) is 12.4. The molecule has 2 aromatic rings. The fourth-order valence-electron chi connectivity index (χ4n) is 3.04. The summed E-state index contributed by atoms with van der Waals surface area (Å²) in [5.74, 6) is -19.9. The second-order valence-corrected chi connectivity index (χ2v) is 9.01. The lowest BCUT2D eigenvalue weighted by Gasteiger charge is -2.33. The van der Waals surface area contributed by atoms with Crippen molar-refractivity contribution in [3.05, 3.63) is 60.7 Å². The number of unbranched alkanes of at least 4 members (excludes halogenated alkanes) is 3. The molecular formula is C27H27F9N2O4. The average molecular weight is 615 g/mol. The van der Waals surface area contributed by atoms with E-state index >= 15 is 0 Å². The number of benzene rings is 2. The summed E-state index contributed by atoms with van der Waals surface area (Å²) in [7, 11) is 0. The van der Waals surface area contributed by atoms with Crippen LogP contribution < -0.4 is 9.47 Å². The highest BCUT2D eigenvalue weighted by atomic mass is 19.4. The molecule has 0 aromatic heterocycles. The van der Waals surface area contributed by atoms with E-state index in [9.17, 15) is 44.3 Å². The minimum Gasteiger partial charge on any atom is -0.494 e. The number of nitrogens with zero attached hydrogens (tertiary/aromatic N) is 2. The van der Waals surface area contributed by atoms with E-state index in [0.717, 1.165) is 37.8 Å². The van der Waals surface area contributed by atoms with Gasteiger partial charge in [-0.1, -0.05) is 6.58 Å². The van der Waals surface area contributed by atoms with Crippen molar-refractivity contribution in [2.75, 3.05) is 19.8 Å². The number of hydrogen-bond donors (Lipinski definition) is 0. The van der Waals surface area contributed by atoms with Gasteiger partial charge in [-0.25, -0.2) is 4.79 Å². The van der Waals surface area contributed by atoms with Crippen molar-refractivity contribution in [2.45, 2.75) is 56.6 Å². The molecule has 0 atom stereocenters. The quantitative estimate of drug-likeness (QED) is 0.0622. The molecule has 0 aliphatic rings. The van der Waals surface area contributed by atoms with Crippen LogP contribution in [0.25, 0.3) is 0 Å². The van der Waals surface area contributed by atoms with Crippen molar-refractivity contribution in [3.63, 3.8) is 0 Å². The molecule has 2 aromatic carbocycles. The van der Waals surface area contributed by atoms with Gasteiger partial charge in [0.05, 0.1) is 24.6 Å². The van der Waals surface area contributed by atoms with Crippen LogP contribution in [-0.2, 0) is 9.53 Å². The van der Waals surface area contributed by atoms with Gasteiger partial charge in [-0.3, -0.25) is 0 Å². The average Bonchev–Trinajstić information content (AvgIpc) is 2.92. The molecule has 0 N–H and O–H groups in total. The predicted molar refractivity (Wildman–Crippen MR) is 133 cm³/mol. The number of azo groups is 1. The maximum Gasteiger partial charge on any atom is 0.460 e. The van der Waals surface area contributed by atoms with E-state index in [1.807, 2.05) is 0 Å². The molecule has 0 saturated carbocycles. The summed E-state index contributed by atoms with van der Waals surface area (Å²) in [4.78, 5) is 11.3. The van der Waals surface area contributed by atoms with Gasteiger partial charge in [0.1, 0.15) is 11.5 Å². The number of halogens is 9. The largest absolute Gasteiger partial charge is 0.494 e. The molecule has 15 heteroatoms. The molecule has 6 nitrogen and oxygen atoms in total. The van der Waals surface area contributed by atoms with Crippen molar-refractivity contribution >= 4 is 17.3 Å². The predicted octanol–water partition coefficient (Wildman–Crippen LogP) is 9.01. The Morgan fingerprint density at radius 3 is 1.60 bits per heavy atom. The fourth-order valence-corrected chi connectivity index (χ4v) is 3.04. The lowest BCUT2D eigenvalue weighted by atomic mass is 10.0. The number of rotatable bonds is 16. The summed E-state index contributed by atoms with van der Waals surface area (Å²) in [6.07, 6.45) is -3.63. The maximum atomic E-state index is 13.6. The minimum absolute atomic E-state index is 0.165. The Morgan fingerprint density at radius 1 is 0.690 bits per heavy atom. The van der Waals surface area contributed by atoms with E-state index in [1.54, 1.807) is 31.2 Å². The zero-order chi connectivity index (χ0) is 31.6. The molecule has 0 aliphatic carbocycles. The van der Waals surface area contributed by atoms with Gasteiger partial charge in [0.15, 0.2) is 6.61 Å². The number of ether oxygens (including phenoxy) is 3. The molecular weight excluding hydrogens is 587 g/mol. The second kappa shape index (κ2) is 14.4. The Labute approximate surface area is 235 Å². The normalized spacial score (nSPS) is 12.8. The summed E-state index contributed by atoms with van der Waals surface area (Å²) >= 11 is 0. The van der Waals surface area contributed by atoms with Crippen LogP contribution in [0.1, 0.15) is 32.6 Å². The molecule has 0 unspecified atom stereocenters. The highest BCUT2D eigenvalue weighted by Crippen LogP contribution is 2.53. The van der Waals surface area contributed by atoms with Gasteiger partial charge in [0, 0.05) is 5.57 Å². The van der Waals surface area contributed by atoms with Gasteiger partial charge >= 0.3 is 29.9 Å². The highest BCUT2D eigenvalue weighted by molar-refractivity contribution is 5.86. The van der Waals surface area contributed by atoms with Gasteiger partial charge in [-0.2, -0.15) is 49.7 Å². The molecule has 0 fully saturated rings. The van der Waals surface area contributed by atoms with Crippen molar-refractivity contribution in [3.8, 4) is 11.5 Å². The van der Waals surface area contributed by atoms with Gasteiger partial charge < -0.3 is 14.2 Å². The molecule has 0 spiro atoms. The van der Waals surface area contributed by atoms with Crippen molar-refractivity contribution in [1.82, 2.24) is 0 Å². The standard InChI is InChI=1S/C27H27F9N2O4/c1-18(2)23(39)41-16-6-4-3-5-15-40-21-11-7-19(8-12-21)37-38-20-9-13-22(14-10-20)42-17-24(28,29)25(30,31)26(32,33)27(34,35)36/h7-14H,1,3-6,15-17H2,2H3. The number of carbonyl (C=O) groups is 1. The van der Waals surface area contributed by atoms with Crippen LogP contribution in [0.2, 0.25) is 0 Å². The minimum atomic E-state index is -6.98. The van der Waals surface area contributed by atoms with Gasteiger partial charge in [-0.05, 0) is 81.1 Å². The molecule has 0 amide bonds. The Morgan fingerprint density at radius 2 is 1.14 bits per heavy atom. The topological polar surface area (TPSA) is 69.5 Å². The van der Waals surface area contributed by atoms with Crippen molar-refractivity contribution < 1.29 is 58.5 Å².